The van der Waals surface area contributed by atoms with E-state index in [0.717, 1.165) is 31.4 Å². The molecule has 1 aromatic rings. The van der Waals surface area contributed by atoms with Gasteiger partial charge in [-0.2, -0.15) is 0 Å². The van der Waals surface area contributed by atoms with Crippen molar-refractivity contribution in [2.24, 2.45) is 57.2 Å². The zero-order valence-corrected chi connectivity index (χ0v) is 22.9. The van der Waals surface area contributed by atoms with Gasteiger partial charge in [-0.1, -0.05) is 53.6 Å². The van der Waals surface area contributed by atoms with Gasteiger partial charge < -0.3 is 9.26 Å². The number of ether oxygens (including phenoxy) is 1. The minimum Gasteiger partial charge on any atom is -0.462 e. The third-order valence-electron chi connectivity index (χ3n) is 14.2. The second kappa shape index (κ2) is 6.57. The third-order valence-corrected chi connectivity index (χ3v) is 14.2. The molecule has 192 valence electrons. The average Bonchev–Trinajstić information content (AvgIpc) is 3.26. The Bertz CT molecular complexity index is 1090. The van der Waals surface area contributed by atoms with Crippen molar-refractivity contribution in [1.29, 1.82) is 0 Å². The molecule has 5 aliphatic carbocycles. The van der Waals surface area contributed by atoms with E-state index in [0.29, 0.717) is 35.5 Å². The van der Waals surface area contributed by atoms with E-state index in [1.54, 1.807) is 0 Å². The molecule has 0 N–H and O–H groups in total. The quantitative estimate of drug-likeness (QED) is 0.377. The van der Waals surface area contributed by atoms with Crippen molar-refractivity contribution < 1.29 is 14.1 Å². The first-order valence-corrected chi connectivity index (χ1v) is 14.6. The van der Waals surface area contributed by atoms with Crippen LogP contribution in [0.2, 0.25) is 0 Å². The van der Waals surface area contributed by atoms with Gasteiger partial charge in [0.15, 0.2) is 0 Å². The molecule has 11 atom stereocenters. The smallest absolute Gasteiger partial charge is 0.312 e. The molecule has 0 unspecified atom stereocenters. The van der Waals surface area contributed by atoms with Gasteiger partial charge in [-0.3, -0.25) is 4.79 Å². The van der Waals surface area contributed by atoms with Crippen LogP contribution in [0.25, 0.3) is 0 Å². The predicted octanol–water partition coefficient (Wildman–Crippen LogP) is 6.96. The molecule has 1 saturated heterocycles. The average molecular weight is 480 g/mol. The zero-order valence-electron chi connectivity index (χ0n) is 22.9. The first-order chi connectivity index (χ1) is 16.4. The summed E-state index contributed by atoms with van der Waals surface area (Å²) in [4.78, 5) is 13.8. The third kappa shape index (κ3) is 2.38. The first kappa shape index (κ1) is 22.8. The fourth-order valence-corrected chi connectivity index (χ4v) is 12.2. The van der Waals surface area contributed by atoms with Crippen LogP contribution >= 0.6 is 0 Å². The van der Waals surface area contributed by atoms with Gasteiger partial charge in [0.05, 0.1) is 11.6 Å². The molecule has 1 aromatic heterocycles. The van der Waals surface area contributed by atoms with Crippen molar-refractivity contribution in [3.63, 3.8) is 0 Å². The lowest BCUT2D eigenvalue weighted by Gasteiger charge is -2.75. The molecule has 1 aliphatic heterocycles. The summed E-state index contributed by atoms with van der Waals surface area (Å²) in [5, 5.41) is 4.25. The summed E-state index contributed by atoms with van der Waals surface area (Å²) in [5.41, 5.74) is 1.72. The first-order valence-electron chi connectivity index (χ1n) is 14.6. The van der Waals surface area contributed by atoms with Crippen LogP contribution in [-0.4, -0.2) is 17.2 Å². The minimum atomic E-state index is -0.207. The molecule has 0 spiro atoms. The van der Waals surface area contributed by atoms with Crippen molar-refractivity contribution in [3.8, 4) is 0 Å². The number of carbonyl (C=O) groups is 1. The Hall–Kier alpha value is -1.32. The standard InChI is InChI=1S/C31H45NO3/c1-17-8-11-31-13-12-30(7)24(23(31)18(17)2)20(34-26(31)33)14-22-28(5)15-19-16-32-35-25(19)27(3,4)21(28)9-10-29(22,30)6/h16-18,20-24H,8-15H2,1-7H3/t17-,18+,20-,21+,22-,23+,24-,28+,29-,30-,31+/m1/s1. The molecule has 2 bridgehead atoms. The van der Waals surface area contributed by atoms with E-state index in [-0.39, 0.29) is 39.1 Å². The maximum absolute atomic E-state index is 13.8. The lowest BCUT2D eigenvalue weighted by atomic mass is 9.30. The second-order valence-electron chi connectivity index (χ2n) is 15.3. The van der Waals surface area contributed by atoms with Gasteiger partial charge in [0.25, 0.3) is 0 Å². The molecule has 4 saturated carbocycles. The number of fused-ring (bicyclic) bond motifs is 5. The highest BCUT2D eigenvalue weighted by molar-refractivity contribution is 5.79. The van der Waals surface area contributed by atoms with E-state index in [9.17, 15) is 4.79 Å². The molecule has 5 fully saturated rings. The Morgan fingerprint density at radius 3 is 2.46 bits per heavy atom. The highest BCUT2D eigenvalue weighted by atomic mass is 16.5. The number of aromatic nitrogens is 1. The maximum atomic E-state index is 13.8. The lowest BCUT2D eigenvalue weighted by molar-refractivity contribution is -0.298. The highest BCUT2D eigenvalue weighted by Gasteiger charge is 2.75. The van der Waals surface area contributed by atoms with Gasteiger partial charge >= 0.3 is 5.97 Å². The van der Waals surface area contributed by atoms with Crippen LogP contribution in [0.1, 0.15) is 105 Å². The SMILES string of the molecule is C[C@@H]1[C@H]2[C@H]3[C@H]4C[C@@H]5[C@@]6(C)Cc7cnoc7C(C)(C)[C@@H]6CC[C@@]5(C)[C@]3(C)CC[C@]2(CC[C@H]1C)C(=O)O4. The lowest BCUT2D eigenvalue weighted by Crippen LogP contribution is -2.73. The summed E-state index contributed by atoms with van der Waals surface area (Å²) < 4.78 is 12.4. The van der Waals surface area contributed by atoms with Crippen molar-refractivity contribution in [1.82, 2.24) is 5.16 Å². The Morgan fingerprint density at radius 2 is 1.69 bits per heavy atom. The number of nitrogens with zero attached hydrogens (tertiary/aromatic N) is 1. The van der Waals surface area contributed by atoms with Crippen LogP contribution in [0.15, 0.2) is 10.7 Å². The number of rotatable bonds is 0. The topological polar surface area (TPSA) is 52.3 Å². The van der Waals surface area contributed by atoms with Crippen molar-refractivity contribution >= 4 is 5.97 Å². The molecule has 4 heteroatoms. The summed E-state index contributed by atoms with van der Waals surface area (Å²) in [6.45, 7) is 17.5. The molecule has 4 nitrogen and oxygen atoms in total. The van der Waals surface area contributed by atoms with Crippen LogP contribution in [0.3, 0.4) is 0 Å². The molecule has 35 heavy (non-hydrogen) atoms. The second-order valence-corrected chi connectivity index (χ2v) is 15.3. The summed E-state index contributed by atoms with van der Waals surface area (Å²) in [5.74, 6) is 4.68. The fraction of sp³-hybridized carbons (Fsp3) is 0.871. The monoisotopic (exact) mass is 479 g/mol. The van der Waals surface area contributed by atoms with Crippen LogP contribution in [0.5, 0.6) is 0 Å². The van der Waals surface area contributed by atoms with Gasteiger partial charge in [0, 0.05) is 16.9 Å². The van der Waals surface area contributed by atoms with Crippen LogP contribution < -0.4 is 0 Å². The molecule has 0 amide bonds. The molecule has 2 heterocycles. The number of hydrogen-bond donors (Lipinski definition) is 0. The summed E-state index contributed by atoms with van der Waals surface area (Å²) in [6.07, 6.45) is 11.1. The minimum absolute atomic E-state index is 0.0177. The Balaban J connectivity index is 1.37. The van der Waals surface area contributed by atoms with E-state index in [4.69, 9.17) is 9.26 Å². The maximum Gasteiger partial charge on any atom is 0.312 e. The van der Waals surface area contributed by atoms with E-state index in [2.05, 4.69) is 53.6 Å². The van der Waals surface area contributed by atoms with Gasteiger partial charge in [-0.05, 0) is 97.2 Å². The highest BCUT2D eigenvalue weighted by Crippen LogP contribution is 2.78. The van der Waals surface area contributed by atoms with E-state index >= 15 is 0 Å². The molecule has 0 radical (unpaired) electrons. The van der Waals surface area contributed by atoms with Gasteiger partial charge in [0.2, 0.25) is 0 Å². The molecular formula is C31H45NO3. The fourth-order valence-electron chi connectivity index (χ4n) is 12.2. The number of esters is 1. The normalized spacial score (nSPS) is 55.6. The number of carbonyl (C=O) groups excluding carboxylic acids is 1. The molecule has 7 rings (SSSR count). The van der Waals surface area contributed by atoms with Crippen molar-refractivity contribution in [2.45, 2.75) is 111 Å². The van der Waals surface area contributed by atoms with Crippen molar-refractivity contribution in [2.75, 3.05) is 0 Å². The summed E-state index contributed by atoms with van der Waals surface area (Å²) >= 11 is 0. The number of hydrogen-bond acceptors (Lipinski definition) is 4. The van der Waals surface area contributed by atoms with Crippen LogP contribution in [-0.2, 0) is 21.4 Å². The van der Waals surface area contributed by atoms with Gasteiger partial charge in [-0.25, -0.2) is 0 Å². The zero-order chi connectivity index (χ0) is 24.8. The van der Waals surface area contributed by atoms with Gasteiger partial charge in [-0.15, -0.1) is 0 Å². The van der Waals surface area contributed by atoms with E-state index in [1.165, 1.54) is 31.2 Å². The Morgan fingerprint density at radius 1 is 0.914 bits per heavy atom. The van der Waals surface area contributed by atoms with Crippen LogP contribution in [0.4, 0.5) is 0 Å². The molecule has 0 aromatic carbocycles. The van der Waals surface area contributed by atoms with E-state index in [1.807, 2.05) is 6.20 Å². The summed E-state index contributed by atoms with van der Waals surface area (Å²) in [6, 6.07) is 0. The summed E-state index contributed by atoms with van der Waals surface area (Å²) in [7, 11) is 0. The largest absolute Gasteiger partial charge is 0.462 e. The predicted molar refractivity (Wildman–Crippen MR) is 134 cm³/mol. The van der Waals surface area contributed by atoms with Gasteiger partial charge in [0.1, 0.15) is 11.9 Å². The van der Waals surface area contributed by atoms with E-state index < -0.39 is 0 Å². The Kier molecular flexibility index (Phi) is 4.29. The van der Waals surface area contributed by atoms with Crippen LogP contribution in [0, 0.1) is 57.2 Å². The molecular weight excluding hydrogens is 434 g/mol. The molecule has 6 aliphatic rings. The Labute approximate surface area is 211 Å². The van der Waals surface area contributed by atoms with Crippen molar-refractivity contribution in [3.05, 3.63) is 17.5 Å².